The summed E-state index contributed by atoms with van der Waals surface area (Å²) in [5.41, 5.74) is 1.81. The van der Waals surface area contributed by atoms with Crippen molar-refractivity contribution in [1.29, 1.82) is 0 Å². The van der Waals surface area contributed by atoms with Crippen LogP contribution in [-0.4, -0.2) is 38.7 Å². The van der Waals surface area contributed by atoms with E-state index < -0.39 is 0 Å². The number of piperidine rings is 1. The van der Waals surface area contributed by atoms with Crippen LogP contribution >= 0.6 is 0 Å². The number of aryl methyl sites for hydroxylation is 1. The summed E-state index contributed by atoms with van der Waals surface area (Å²) in [6.07, 6.45) is 9.19. The van der Waals surface area contributed by atoms with Gasteiger partial charge < -0.3 is 10.6 Å². The zero-order valence-corrected chi connectivity index (χ0v) is 14.1. The van der Waals surface area contributed by atoms with E-state index in [0.29, 0.717) is 5.82 Å². The highest BCUT2D eigenvalue weighted by Crippen LogP contribution is 2.23. The molecule has 2 N–H and O–H groups in total. The Kier molecular flexibility index (Phi) is 4.15. The molecule has 1 atom stereocenters. The Balaban J connectivity index is 1.59. The number of nitrogens with one attached hydrogen (secondary N) is 2. The van der Waals surface area contributed by atoms with E-state index in [4.69, 9.17) is 0 Å². The molecule has 4 heterocycles. The Morgan fingerprint density at radius 2 is 2.12 bits per heavy atom. The summed E-state index contributed by atoms with van der Waals surface area (Å²) >= 11 is 0. The Morgan fingerprint density at radius 3 is 2.88 bits per heavy atom. The summed E-state index contributed by atoms with van der Waals surface area (Å²) in [6.45, 7) is 1.72. The van der Waals surface area contributed by atoms with Crippen LogP contribution in [0.15, 0.2) is 36.9 Å². The lowest BCUT2D eigenvalue weighted by atomic mass is 9.99. The van der Waals surface area contributed by atoms with Gasteiger partial charge in [0.2, 0.25) is 5.91 Å². The molecule has 3 aromatic rings. The summed E-state index contributed by atoms with van der Waals surface area (Å²) in [4.78, 5) is 21.2. The highest BCUT2D eigenvalue weighted by molar-refractivity contribution is 5.94. The van der Waals surface area contributed by atoms with Crippen molar-refractivity contribution in [3.63, 3.8) is 0 Å². The van der Waals surface area contributed by atoms with E-state index in [0.717, 1.165) is 48.0 Å². The fraction of sp³-hybridized carbons (Fsp3) is 0.333. The Morgan fingerprint density at radius 1 is 1.24 bits per heavy atom. The van der Waals surface area contributed by atoms with Gasteiger partial charge in [0.25, 0.3) is 0 Å². The van der Waals surface area contributed by atoms with E-state index in [2.05, 4.69) is 25.7 Å². The van der Waals surface area contributed by atoms with E-state index in [1.807, 2.05) is 25.4 Å². The first-order valence-corrected chi connectivity index (χ1v) is 8.45. The van der Waals surface area contributed by atoms with E-state index >= 15 is 0 Å². The van der Waals surface area contributed by atoms with Crippen molar-refractivity contribution >= 4 is 22.5 Å². The minimum absolute atomic E-state index is 0.00893. The number of nitrogens with zero attached hydrogens (tertiary/aromatic N) is 4. The number of hydrogen-bond acceptors (Lipinski definition) is 5. The second kappa shape index (κ2) is 6.60. The van der Waals surface area contributed by atoms with Crippen molar-refractivity contribution in [1.82, 2.24) is 25.1 Å². The number of pyridine rings is 2. The van der Waals surface area contributed by atoms with Crippen molar-refractivity contribution in [3.05, 3.63) is 36.9 Å². The standard InChI is InChI=1S/C18H20N6O/c1-24-11-15(10-22-24)16-5-13-6-17(21-9-14(13)8-20-16)23-18(25)12-3-2-4-19-7-12/h5-6,8-12,19H,2-4,7H2,1H3,(H,21,23,25). The lowest BCUT2D eigenvalue weighted by Crippen LogP contribution is -2.37. The average molecular weight is 336 g/mol. The Hall–Kier alpha value is -2.80. The Bertz CT molecular complexity index is 913. The highest BCUT2D eigenvalue weighted by atomic mass is 16.2. The number of rotatable bonds is 3. The number of fused-ring (bicyclic) bond motifs is 1. The number of anilines is 1. The van der Waals surface area contributed by atoms with Crippen molar-refractivity contribution < 1.29 is 4.79 Å². The maximum absolute atomic E-state index is 12.4. The maximum Gasteiger partial charge on any atom is 0.229 e. The number of hydrogen-bond donors (Lipinski definition) is 2. The highest BCUT2D eigenvalue weighted by Gasteiger charge is 2.21. The quantitative estimate of drug-likeness (QED) is 0.764. The molecule has 0 radical (unpaired) electrons. The third kappa shape index (κ3) is 3.36. The van der Waals surface area contributed by atoms with Gasteiger partial charge in [-0.2, -0.15) is 5.10 Å². The maximum atomic E-state index is 12.4. The molecule has 0 bridgehead atoms. The van der Waals surface area contributed by atoms with Crippen molar-refractivity contribution in [2.45, 2.75) is 12.8 Å². The van der Waals surface area contributed by atoms with Crippen LogP contribution in [0.25, 0.3) is 22.0 Å². The van der Waals surface area contributed by atoms with Gasteiger partial charge in [0.05, 0.1) is 17.8 Å². The predicted molar refractivity (Wildman–Crippen MR) is 96.0 cm³/mol. The molecule has 1 amide bonds. The molecule has 1 saturated heterocycles. The molecular weight excluding hydrogens is 316 g/mol. The topological polar surface area (TPSA) is 84.7 Å². The first kappa shape index (κ1) is 15.7. The number of aromatic nitrogens is 4. The normalized spacial score (nSPS) is 17.6. The van der Waals surface area contributed by atoms with Gasteiger partial charge in [0, 0.05) is 43.1 Å². The van der Waals surface area contributed by atoms with Crippen LogP contribution in [0, 0.1) is 5.92 Å². The number of carbonyl (C=O) groups excluding carboxylic acids is 1. The van der Waals surface area contributed by atoms with Crippen LogP contribution in [0.5, 0.6) is 0 Å². The van der Waals surface area contributed by atoms with Gasteiger partial charge in [-0.3, -0.25) is 14.5 Å². The van der Waals surface area contributed by atoms with Gasteiger partial charge in [0.15, 0.2) is 0 Å². The zero-order chi connectivity index (χ0) is 17.2. The van der Waals surface area contributed by atoms with Gasteiger partial charge in [-0.1, -0.05) is 0 Å². The van der Waals surface area contributed by atoms with Crippen molar-refractivity contribution in [2.24, 2.45) is 13.0 Å². The van der Waals surface area contributed by atoms with Crippen LogP contribution in [0.4, 0.5) is 5.82 Å². The second-order valence-electron chi connectivity index (χ2n) is 6.42. The molecule has 1 fully saturated rings. The van der Waals surface area contributed by atoms with E-state index in [1.165, 1.54) is 0 Å². The summed E-state index contributed by atoms with van der Waals surface area (Å²) in [6, 6.07) is 3.89. The smallest absolute Gasteiger partial charge is 0.229 e. The van der Waals surface area contributed by atoms with Crippen LogP contribution in [-0.2, 0) is 11.8 Å². The molecule has 0 spiro atoms. The molecule has 1 unspecified atom stereocenters. The molecule has 1 aliphatic rings. The van der Waals surface area contributed by atoms with Gasteiger partial charge in [0.1, 0.15) is 5.82 Å². The zero-order valence-electron chi connectivity index (χ0n) is 14.1. The lowest BCUT2D eigenvalue weighted by Gasteiger charge is -2.21. The molecule has 0 aromatic carbocycles. The molecule has 7 heteroatoms. The first-order valence-electron chi connectivity index (χ1n) is 8.45. The SMILES string of the molecule is Cn1cc(-c2cc3cc(NC(=O)C4CCCNC4)ncc3cn2)cn1. The lowest BCUT2D eigenvalue weighted by molar-refractivity contribution is -0.120. The monoisotopic (exact) mass is 336 g/mol. The van der Waals surface area contributed by atoms with Crippen molar-refractivity contribution in [3.8, 4) is 11.3 Å². The average Bonchev–Trinajstić information content (AvgIpc) is 3.08. The van der Waals surface area contributed by atoms with E-state index in [9.17, 15) is 4.79 Å². The van der Waals surface area contributed by atoms with Crippen LogP contribution < -0.4 is 10.6 Å². The molecular formula is C18H20N6O. The van der Waals surface area contributed by atoms with Gasteiger partial charge in [-0.15, -0.1) is 0 Å². The number of amides is 1. The van der Waals surface area contributed by atoms with Gasteiger partial charge in [-0.25, -0.2) is 4.98 Å². The summed E-state index contributed by atoms with van der Waals surface area (Å²) in [5.74, 6) is 0.613. The first-order chi connectivity index (χ1) is 12.2. The third-order valence-corrected chi connectivity index (χ3v) is 4.52. The van der Waals surface area contributed by atoms with E-state index in [-0.39, 0.29) is 11.8 Å². The molecule has 128 valence electrons. The fourth-order valence-electron chi connectivity index (χ4n) is 3.12. The minimum atomic E-state index is 0.00893. The molecule has 4 rings (SSSR count). The molecule has 1 aliphatic heterocycles. The van der Waals surface area contributed by atoms with Crippen LogP contribution in [0.3, 0.4) is 0 Å². The van der Waals surface area contributed by atoms with E-state index in [1.54, 1.807) is 23.3 Å². The number of carbonyl (C=O) groups is 1. The molecule has 25 heavy (non-hydrogen) atoms. The van der Waals surface area contributed by atoms with Gasteiger partial charge in [-0.05, 0) is 36.9 Å². The summed E-state index contributed by atoms with van der Waals surface area (Å²) in [5, 5.41) is 12.3. The molecule has 0 aliphatic carbocycles. The Labute approximate surface area is 145 Å². The second-order valence-corrected chi connectivity index (χ2v) is 6.42. The van der Waals surface area contributed by atoms with Crippen LogP contribution in [0.2, 0.25) is 0 Å². The van der Waals surface area contributed by atoms with Gasteiger partial charge >= 0.3 is 0 Å². The molecule has 3 aromatic heterocycles. The fourth-order valence-corrected chi connectivity index (χ4v) is 3.12. The predicted octanol–water partition coefficient (Wildman–Crippen LogP) is 1.97. The van der Waals surface area contributed by atoms with Crippen LogP contribution in [0.1, 0.15) is 12.8 Å². The minimum Gasteiger partial charge on any atom is -0.316 e. The summed E-state index contributed by atoms with van der Waals surface area (Å²) < 4.78 is 1.75. The third-order valence-electron chi connectivity index (χ3n) is 4.52. The summed E-state index contributed by atoms with van der Waals surface area (Å²) in [7, 11) is 1.88. The molecule has 0 saturated carbocycles. The largest absolute Gasteiger partial charge is 0.316 e. The molecule has 7 nitrogen and oxygen atoms in total. The van der Waals surface area contributed by atoms with Crippen molar-refractivity contribution in [2.75, 3.05) is 18.4 Å².